The maximum absolute atomic E-state index is 11.5. The van der Waals surface area contributed by atoms with Crippen LogP contribution in [0.1, 0.15) is 21.6 Å². The molecular weight excluding hydrogens is 314 g/mol. The fourth-order valence-electron chi connectivity index (χ4n) is 2.53. The molecule has 3 rings (SSSR count). The van der Waals surface area contributed by atoms with Gasteiger partial charge in [-0.1, -0.05) is 42.5 Å². The second-order valence-electron chi connectivity index (χ2n) is 5.09. The molecule has 0 bridgehead atoms. The number of rotatable bonds is 4. The van der Waals surface area contributed by atoms with Gasteiger partial charge in [0.05, 0.1) is 0 Å². The van der Waals surface area contributed by atoms with Crippen LogP contribution < -0.4 is 5.73 Å². The van der Waals surface area contributed by atoms with Crippen molar-refractivity contribution in [1.82, 2.24) is 4.57 Å². The van der Waals surface area contributed by atoms with Crippen molar-refractivity contribution in [3.63, 3.8) is 0 Å². The highest BCUT2D eigenvalue weighted by molar-refractivity contribution is 5.95. The van der Waals surface area contributed by atoms with Crippen LogP contribution in [0.15, 0.2) is 54.6 Å². The minimum atomic E-state index is -0.948. The van der Waals surface area contributed by atoms with E-state index in [2.05, 4.69) is 0 Å². The van der Waals surface area contributed by atoms with Gasteiger partial charge in [0.25, 0.3) is 0 Å². The standard InChI is InChI=1S/C17H15N3O2.ClH/c18-16(19)12-7-5-11(6-8-12)10-20-14-4-2-1-3-13(14)9-15(20)17(21)22;/h1-9H,10H2,(H3,18,19)(H,21,22);1H. The Labute approximate surface area is 139 Å². The smallest absolute Gasteiger partial charge is 0.352 e. The summed E-state index contributed by atoms with van der Waals surface area (Å²) >= 11 is 0. The number of fused-ring (bicyclic) bond motifs is 1. The lowest BCUT2D eigenvalue weighted by molar-refractivity contribution is 0.0686. The zero-order valence-electron chi connectivity index (χ0n) is 12.2. The largest absolute Gasteiger partial charge is 0.477 e. The van der Waals surface area contributed by atoms with Crippen molar-refractivity contribution in [2.45, 2.75) is 6.54 Å². The van der Waals surface area contributed by atoms with E-state index in [1.54, 1.807) is 22.8 Å². The number of halogens is 1. The van der Waals surface area contributed by atoms with E-state index in [4.69, 9.17) is 11.1 Å². The third-order valence-corrected chi connectivity index (χ3v) is 3.64. The Morgan fingerprint density at radius 1 is 1.13 bits per heavy atom. The number of amidine groups is 1. The number of carbonyl (C=O) groups is 1. The van der Waals surface area contributed by atoms with Crippen LogP contribution in [0.5, 0.6) is 0 Å². The van der Waals surface area contributed by atoms with Gasteiger partial charge in [0, 0.05) is 23.0 Å². The number of aromatic carboxylic acids is 1. The average molecular weight is 330 g/mol. The highest BCUT2D eigenvalue weighted by atomic mass is 35.5. The van der Waals surface area contributed by atoms with E-state index >= 15 is 0 Å². The topological polar surface area (TPSA) is 92.1 Å². The second kappa shape index (κ2) is 6.54. The van der Waals surface area contributed by atoms with Gasteiger partial charge in [0.15, 0.2) is 0 Å². The van der Waals surface area contributed by atoms with Crippen LogP contribution in [0.25, 0.3) is 10.9 Å². The zero-order chi connectivity index (χ0) is 15.7. The summed E-state index contributed by atoms with van der Waals surface area (Å²) in [6.07, 6.45) is 0. The van der Waals surface area contributed by atoms with Crippen LogP contribution in [-0.4, -0.2) is 21.5 Å². The van der Waals surface area contributed by atoms with Gasteiger partial charge in [-0.3, -0.25) is 5.41 Å². The third kappa shape index (κ3) is 3.19. The van der Waals surface area contributed by atoms with Crippen LogP contribution in [0.3, 0.4) is 0 Å². The molecular formula is C17H16ClN3O2. The number of nitrogens with two attached hydrogens (primary N) is 1. The predicted molar refractivity (Wildman–Crippen MR) is 92.7 cm³/mol. The van der Waals surface area contributed by atoms with Crippen molar-refractivity contribution >= 4 is 35.1 Å². The van der Waals surface area contributed by atoms with E-state index in [0.717, 1.165) is 16.5 Å². The number of hydrogen-bond donors (Lipinski definition) is 3. The Bertz CT molecular complexity index is 869. The minimum Gasteiger partial charge on any atom is -0.477 e. The average Bonchev–Trinajstić information content (AvgIpc) is 2.87. The van der Waals surface area contributed by atoms with Gasteiger partial charge in [-0.15, -0.1) is 12.4 Å². The van der Waals surface area contributed by atoms with Crippen molar-refractivity contribution in [3.05, 3.63) is 71.4 Å². The maximum Gasteiger partial charge on any atom is 0.352 e. The van der Waals surface area contributed by atoms with Crippen LogP contribution >= 0.6 is 12.4 Å². The molecule has 0 aliphatic rings. The number of benzene rings is 2. The Morgan fingerprint density at radius 3 is 2.39 bits per heavy atom. The summed E-state index contributed by atoms with van der Waals surface area (Å²) in [4.78, 5) is 11.5. The molecule has 2 aromatic carbocycles. The molecule has 0 radical (unpaired) electrons. The van der Waals surface area contributed by atoms with Gasteiger partial charge in [0.1, 0.15) is 11.5 Å². The van der Waals surface area contributed by atoms with E-state index in [0.29, 0.717) is 12.1 Å². The molecule has 0 amide bonds. The number of nitrogen functional groups attached to an aromatic ring is 1. The van der Waals surface area contributed by atoms with Crippen molar-refractivity contribution < 1.29 is 9.90 Å². The first-order valence-electron chi connectivity index (χ1n) is 6.81. The molecule has 0 saturated heterocycles. The highest BCUT2D eigenvalue weighted by Gasteiger charge is 2.14. The van der Waals surface area contributed by atoms with Gasteiger partial charge in [0.2, 0.25) is 0 Å². The van der Waals surface area contributed by atoms with Gasteiger partial charge < -0.3 is 15.4 Å². The van der Waals surface area contributed by atoms with E-state index < -0.39 is 5.97 Å². The van der Waals surface area contributed by atoms with Gasteiger partial charge >= 0.3 is 5.97 Å². The molecule has 0 aliphatic heterocycles. The Morgan fingerprint density at radius 2 is 1.78 bits per heavy atom. The molecule has 0 atom stereocenters. The summed E-state index contributed by atoms with van der Waals surface area (Å²) in [5, 5.41) is 17.7. The van der Waals surface area contributed by atoms with Crippen molar-refractivity contribution in [1.29, 1.82) is 5.41 Å². The number of para-hydroxylation sites is 1. The maximum atomic E-state index is 11.5. The summed E-state index contributed by atoms with van der Waals surface area (Å²) in [7, 11) is 0. The van der Waals surface area contributed by atoms with Crippen molar-refractivity contribution in [3.8, 4) is 0 Å². The predicted octanol–water partition coefficient (Wildman–Crippen LogP) is 3.09. The van der Waals surface area contributed by atoms with Crippen molar-refractivity contribution in [2.75, 3.05) is 0 Å². The van der Waals surface area contributed by atoms with Crippen molar-refractivity contribution in [2.24, 2.45) is 5.73 Å². The summed E-state index contributed by atoms with van der Waals surface area (Å²) in [6, 6.07) is 16.5. The molecule has 23 heavy (non-hydrogen) atoms. The summed E-state index contributed by atoms with van der Waals surface area (Å²) in [5.41, 5.74) is 8.19. The third-order valence-electron chi connectivity index (χ3n) is 3.64. The first kappa shape index (κ1) is 16.6. The Kier molecular flexibility index (Phi) is 4.71. The number of carboxylic acids is 1. The number of nitrogens with zero attached hydrogens (tertiary/aromatic N) is 1. The summed E-state index contributed by atoms with van der Waals surface area (Å²) < 4.78 is 1.78. The number of hydrogen-bond acceptors (Lipinski definition) is 2. The molecule has 0 aliphatic carbocycles. The molecule has 0 saturated carbocycles. The lowest BCUT2D eigenvalue weighted by Gasteiger charge is -2.09. The minimum absolute atomic E-state index is 0. The Hall–Kier alpha value is -2.79. The van der Waals surface area contributed by atoms with Crippen LogP contribution in [0.4, 0.5) is 0 Å². The van der Waals surface area contributed by atoms with Crippen LogP contribution in [0.2, 0.25) is 0 Å². The van der Waals surface area contributed by atoms with Gasteiger partial charge in [-0.2, -0.15) is 0 Å². The highest BCUT2D eigenvalue weighted by Crippen LogP contribution is 2.21. The van der Waals surface area contributed by atoms with E-state index in [9.17, 15) is 9.90 Å². The van der Waals surface area contributed by atoms with E-state index in [-0.39, 0.29) is 23.9 Å². The van der Waals surface area contributed by atoms with E-state index in [1.807, 2.05) is 36.4 Å². The molecule has 3 aromatic rings. The SMILES string of the molecule is Cl.N=C(N)c1ccc(Cn2c(C(=O)O)cc3ccccc32)cc1. The number of aromatic nitrogens is 1. The number of nitrogens with one attached hydrogen (secondary N) is 1. The lowest BCUT2D eigenvalue weighted by Crippen LogP contribution is -2.12. The first-order chi connectivity index (χ1) is 10.6. The van der Waals surface area contributed by atoms with Crippen LogP contribution in [-0.2, 0) is 6.54 Å². The molecule has 0 unspecified atom stereocenters. The molecule has 0 fully saturated rings. The molecule has 118 valence electrons. The van der Waals surface area contributed by atoms with E-state index in [1.165, 1.54) is 0 Å². The first-order valence-corrected chi connectivity index (χ1v) is 6.81. The molecule has 0 spiro atoms. The van der Waals surface area contributed by atoms with Gasteiger partial charge in [-0.25, -0.2) is 4.79 Å². The van der Waals surface area contributed by atoms with Gasteiger partial charge in [-0.05, 0) is 17.7 Å². The summed E-state index contributed by atoms with van der Waals surface area (Å²) in [5.74, 6) is -0.930. The zero-order valence-corrected chi connectivity index (χ0v) is 13.0. The molecule has 1 aromatic heterocycles. The molecule has 5 nitrogen and oxygen atoms in total. The molecule has 1 heterocycles. The normalized spacial score (nSPS) is 10.3. The molecule has 4 N–H and O–H groups in total. The van der Waals surface area contributed by atoms with Crippen LogP contribution in [0, 0.1) is 5.41 Å². The second-order valence-corrected chi connectivity index (χ2v) is 5.09. The number of carboxylic acid groups (broad SMARTS) is 1. The Balaban J connectivity index is 0.00000192. The monoisotopic (exact) mass is 329 g/mol. The summed E-state index contributed by atoms with van der Waals surface area (Å²) in [6.45, 7) is 0.452. The lowest BCUT2D eigenvalue weighted by atomic mass is 10.1. The fraction of sp³-hybridized carbons (Fsp3) is 0.0588. The molecule has 6 heteroatoms. The fourth-order valence-corrected chi connectivity index (χ4v) is 2.53. The quantitative estimate of drug-likeness (QED) is 0.507.